The Hall–Kier alpha value is -3.44. The quantitative estimate of drug-likeness (QED) is 0.278. The van der Waals surface area contributed by atoms with E-state index in [2.05, 4.69) is 67.5 Å². The van der Waals surface area contributed by atoms with Gasteiger partial charge < -0.3 is 15.4 Å². The second-order valence-corrected chi connectivity index (χ2v) is 9.46. The highest BCUT2D eigenvalue weighted by molar-refractivity contribution is 8.05. The Balaban J connectivity index is 1.45. The zero-order valence-corrected chi connectivity index (χ0v) is 20.5. The molecule has 174 valence electrons. The monoisotopic (exact) mass is 470 g/mol. The molecular weight excluding hydrogens is 440 g/mol. The molecule has 1 atom stereocenters. The number of thioether (sulfide) groups is 1. The minimum Gasteiger partial charge on any atom is -0.489 e. The molecule has 34 heavy (non-hydrogen) atoms. The van der Waals surface area contributed by atoms with E-state index in [1.807, 2.05) is 42.5 Å². The van der Waals surface area contributed by atoms with Crippen LogP contribution in [0.5, 0.6) is 5.75 Å². The predicted octanol–water partition coefficient (Wildman–Crippen LogP) is 6.46. The molecule has 1 aliphatic heterocycles. The average molecular weight is 471 g/mol. The van der Waals surface area contributed by atoms with E-state index in [1.54, 1.807) is 0 Å². The van der Waals surface area contributed by atoms with Crippen molar-refractivity contribution in [2.75, 3.05) is 5.32 Å². The number of nitrogens with one attached hydrogen (secondary N) is 2. The van der Waals surface area contributed by atoms with E-state index in [1.165, 1.54) is 22.9 Å². The van der Waals surface area contributed by atoms with Crippen molar-refractivity contribution in [2.45, 2.75) is 38.8 Å². The molecule has 1 fully saturated rings. The van der Waals surface area contributed by atoms with Gasteiger partial charge in [-0.05, 0) is 72.4 Å². The highest BCUT2D eigenvalue weighted by Crippen LogP contribution is 2.31. The number of hydrogen-bond acceptors (Lipinski definition) is 4. The van der Waals surface area contributed by atoms with E-state index in [4.69, 9.17) is 4.74 Å². The number of allylic oxidation sites excluding steroid dienone is 1. The summed E-state index contributed by atoms with van der Waals surface area (Å²) in [6.07, 6.45) is 5.49. The maximum absolute atomic E-state index is 12.6. The van der Waals surface area contributed by atoms with Gasteiger partial charge in [-0.3, -0.25) is 4.79 Å². The minimum absolute atomic E-state index is 0.0716. The molecule has 1 saturated heterocycles. The van der Waals surface area contributed by atoms with Crippen LogP contribution in [0.25, 0.3) is 6.08 Å². The number of carbonyl (C=O) groups excluding carboxylic acids is 1. The van der Waals surface area contributed by atoms with Gasteiger partial charge in [-0.2, -0.15) is 0 Å². The Morgan fingerprint density at radius 1 is 1.09 bits per heavy atom. The molecule has 0 aliphatic carbocycles. The molecular formula is C29H30N2O2S. The van der Waals surface area contributed by atoms with Crippen LogP contribution in [0.4, 0.5) is 5.69 Å². The topological polar surface area (TPSA) is 50.4 Å². The van der Waals surface area contributed by atoms with Crippen LogP contribution in [0.1, 0.15) is 34.7 Å². The summed E-state index contributed by atoms with van der Waals surface area (Å²) in [6, 6.07) is 22.6. The Morgan fingerprint density at radius 3 is 2.65 bits per heavy atom. The molecule has 1 heterocycles. The van der Waals surface area contributed by atoms with Crippen molar-refractivity contribution in [3.05, 3.63) is 112 Å². The first kappa shape index (κ1) is 23.7. The predicted molar refractivity (Wildman–Crippen MR) is 143 cm³/mol. The number of carbonyl (C=O) groups is 1. The second-order valence-electron chi connectivity index (χ2n) is 8.31. The van der Waals surface area contributed by atoms with Crippen LogP contribution in [0.3, 0.4) is 0 Å². The lowest BCUT2D eigenvalue weighted by atomic mass is 10.1. The zero-order chi connectivity index (χ0) is 23.9. The van der Waals surface area contributed by atoms with Gasteiger partial charge in [0.1, 0.15) is 12.4 Å². The first-order chi connectivity index (χ1) is 16.5. The molecule has 3 aromatic carbocycles. The highest BCUT2D eigenvalue weighted by Gasteiger charge is 2.27. The van der Waals surface area contributed by atoms with Crippen molar-refractivity contribution in [3.8, 4) is 5.75 Å². The molecule has 0 aromatic heterocycles. The van der Waals surface area contributed by atoms with E-state index in [-0.39, 0.29) is 11.4 Å². The van der Waals surface area contributed by atoms with Crippen molar-refractivity contribution in [3.63, 3.8) is 0 Å². The molecule has 0 saturated carbocycles. The van der Waals surface area contributed by atoms with Gasteiger partial charge >= 0.3 is 0 Å². The Bertz CT molecular complexity index is 1200. The molecule has 1 amide bonds. The van der Waals surface area contributed by atoms with Crippen molar-refractivity contribution in [2.24, 2.45) is 0 Å². The number of rotatable bonds is 9. The number of benzene rings is 3. The fraction of sp³-hybridized carbons (Fsp3) is 0.207. The number of aryl methyl sites for hydroxylation is 2. The van der Waals surface area contributed by atoms with Crippen LogP contribution in [0.2, 0.25) is 0 Å². The Labute approximate surface area is 206 Å². The highest BCUT2D eigenvalue weighted by atomic mass is 32.2. The van der Waals surface area contributed by atoms with Crippen LogP contribution in [0.15, 0.2) is 84.3 Å². The lowest BCUT2D eigenvalue weighted by Gasteiger charge is -2.13. The Morgan fingerprint density at radius 2 is 1.91 bits per heavy atom. The first-order valence-electron chi connectivity index (χ1n) is 11.5. The summed E-state index contributed by atoms with van der Waals surface area (Å²) in [7, 11) is 0. The lowest BCUT2D eigenvalue weighted by molar-refractivity contribution is -0.116. The maximum Gasteiger partial charge on any atom is 0.260 e. The summed E-state index contributed by atoms with van der Waals surface area (Å²) in [5, 5.41) is 6.37. The third-order valence-electron chi connectivity index (χ3n) is 5.61. The van der Waals surface area contributed by atoms with Crippen molar-refractivity contribution in [1.82, 2.24) is 5.32 Å². The minimum atomic E-state index is -0.198. The molecule has 0 unspecified atom stereocenters. The third kappa shape index (κ3) is 6.12. The largest absolute Gasteiger partial charge is 0.489 e. The zero-order valence-electron chi connectivity index (χ0n) is 19.6. The summed E-state index contributed by atoms with van der Waals surface area (Å²) in [5.74, 6) is 0.764. The molecule has 5 heteroatoms. The van der Waals surface area contributed by atoms with Gasteiger partial charge in [-0.1, -0.05) is 72.8 Å². The van der Waals surface area contributed by atoms with Gasteiger partial charge in [-0.25, -0.2) is 0 Å². The SMILES string of the molecule is C=CCc1cc(/C=C2\S[C@@H](Nc3ccc(CC)cc3)NC2=O)ccc1OCc1cccc(C)c1. The first-order valence-corrected chi connectivity index (χ1v) is 12.4. The van der Waals surface area contributed by atoms with Crippen LogP contribution >= 0.6 is 11.8 Å². The van der Waals surface area contributed by atoms with Gasteiger partial charge in [0, 0.05) is 5.69 Å². The summed E-state index contributed by atoms with van der Waals surface area (Å²) in [6.45, 7) is 8.61. The summed E-state index contributed by atoms with van der Waals surface area (Å²) < 4.78 is 6.11. The Kier molecular flexibility index (Phi) is 7.76. The van der Waals surface area contributed by atoms with Crippen molar-refractivity contribution in [1.29, 1.82) is 0 Å². The molecule has 3 aromatic rings. The van der Waals surface area contributed by atoms with Crippen LogP contribution in [-0.4, -0.2) is 11.4 Å². The van der Waals surface area contributed by atoms with Gasteiger partial charge in [0.15, 0.2) is 5.50 Å². The second kappa shape index (κ2) is 11.1. The van der Waals surface area contributed by atoms with E-state index in [9.17, 15) is 4.79 Å². The average Bonchev–Trinajstić information content (AvgIpc) is 3.17. The molecule has 0 spiro atoms. The van der Waals surface area contributed by atoms with Crippen LogP contribution < -0.4 is 15.4 Å². The van der Waals surface area contributed by atoms with E-state index >= 15 is 0 Å². The molecule has 1 aliphatic rings. The standard InChI is InChI=1S/C29H30N2O2S/c1-4-7-24-17-22(12-15-26(24)33-19-23-9-6-8-20(3)16-23)18-27-28(32)31-29(34-27)30-25-13-10-21(5-2)11-14-25/h4,6,8-18,29-30H,1,5,7,19H2,2-3H3,(H,31,32)/b27-18-/t29-/m0/s1. The molecule has 4 nitrogen and oxygen atoms in total. The van der Waals surface area contributed by atoms with Crippen LogP contribution in [-0.2, 0) is 24.2 Å². The van der Waals surface area contributed by atoms with E-state index in [0.29, 0.717) is 17.9 Å². The van der Waals surface area contributed by atoms with Crippen molar-refractivity contribution >= 4 is 29.4 Å². The summed E-state index contributed by atoms with van der Waals surface area (Å²) in [4.78, 5) is 13.2. The number of amides is 1. The van der Waals surface area contributed by atoms with Crippen molar-refractivity contribution < 1.29 is 9.53 Å². The number of anilines is 1. The van der Waals surface area contributed by atoms with Gasteiger partial charge in [0.2, 0.25) is 0 Å². The maximum atomic E-state index is 12.6. The van der Waals surface area contributed by atoms with Gasteiger partial charge in [0.05, 0.1) is 4.91 Å². The molecule has 4 rings (SSSR count). The van der Waals surface area contributed by atoms with Crippen LogP contribution in [0, 0.1) is 6.92 Å². The summed E-state index contributed by atoms with van der Waals surface area (Å²) in [5.41, 5.74) is 6.44. The van der Waals surface area contributed by atoms with Gasteiger partial charge in [0.25, 0.3) is 5.91 Å². The smallest absolute Gasteiger partial charge is 0.260 e. The fourth-order valence-corrected chi connectivity index (χ4v) is 4.80. The number of hydrogen-bond donors (Lipinski definition) is 2. The molecule has 0 radical (unpaired) electrons. The fourth-order valence-electron chi connectivity index (χ4n) is 3.81. The van der Waals surface area contributed by atoms with Gasteiger partial charge in [-0.15, -0.1) is 6.58 Å². The van der Waals surface area contributed by atoms with E-state index < -0.39 is 0 Å². The lowest BCUT2D eigenvalue weighted by Crippen LogP contribution is -2.30. The van der Waals surface area contributed by atoms with E-state index in [0.717, 1.165) is 34.5 Å². The third-order valence-corrected chi connectivity index (χ3v) is 6.64. The number of ether oxygens (including phenoxy) is 1. The molecule has 2 N–H and O–H groups in total. The summed E-state index contributed by atoms with van der Waals surface area (Å²) >= 11 is 1.49. The normalized spacial score (nSPS) is 16.4. The molecule has 0 bridgehead atoms.